The maximum Gasteiger partial charge on any atom is 0.304 e. The van der Waals surface area contributed by atoms with Gasteiger partial charge in [-0.1, -0.05) is 24.3 Å². The highest BCUT2D eigenvalue weighted by molar-refractivity contribution is 7.89. The molecule has 0 spiro atoms. The van der Waals surface area contributed by atoms with E-state index in [9.17, 15) is 14.5 Å². The van der Waals surface area contributed by atoms with E-state index in [0.29, 0.717) is 24.7 Å². The monoisotopic (exact) mass is 602 g/mol. The van der Waals surface area contributed by atoms with Crippen LogP contribution in [0.5, 0.6) is 0 Å². The number of aliphatic carboxylic acids is 1. The Kier molecular flexibility index (Phi) is 8.55. The number of piperidine rings is 1. The van der Waals surface area contributed by atoms with Crippen LogP contribution in [0.15, 0.2) is 53.6 Å². The zero-order valence-electron chi connectivity index (χ0n) is 25.0. The van der Waals surface area contributed by atoms with Crippen LogP contribution < -0.4 is 21.5 Å². The van der Waals surface area contributed by atoms with Crippen molar-refractivity contribution in [2.45, 2.75) is 75.8 Å². The van der Waals surface area contributed by atoms with E-state index >= 15 is 0 Å². The molecule has 6 rings (SSSR count). The third-order valence-electron chi connectivity index (χ3n) is 9.36. The molecule has 0 bridgehead atoms. The third kappa shape index (κ3) is 6.20. The molecular formula is C33H42N6O3S. The number of hydrogen-bond donors (Lipinski definition) is 3. The Morgan fingerprint density at radius 3 is 2.77 bits per heavy atom. The first-order chi connectivity index (χ1) is 20.7. The van der Waals surface area contributed by atoms with Gasteiger partial charge in [0.15, 0.2) is 5.82 Å². The fourth-order valence-corrected chi connectivity index (χ4v) is 8.02. The predicted octanol–water partition coefficient (Wildman–Crippen LogP) is 4.87. The average Bonchev–Trinajstić information content (AvgIpc) is 3.82. The normalized spacial score (nSPS) is 21.1. The van der Waals surface area contributed by atoms with Gasteiger partial charge in [0.25, 0.3) is 0 Å². The van der Waals surface area contributed by atoms with Gasteiger partial charge in [-0.3, -0.25) is 4.79 Å². The first-order valence-electron chi connectivity index (χ1n) is 15.3. The lowest BCUT2D eigenvalue weighted by Crippen LogP contribution is -2.45. The summed E-state index contributed by atoms with van der Waals surface area (Å²) in [6.45, 7) is 6.87. The van der Waals surface area contributed by atoms with Crippen LogP contribution in [0.25, 0.3) is 0 Å². The number of pyridine rings is 1. The van der Waals surface area contributed by atoms with E-state index in [0.717, 1.165) is 76.6 Å². The lowest BCUT2D eigenvalue weighted by atomic mass is 9.84. The summed E-state index contributed by atoms with van der Waals surface area (Å²) in [5.41, 5.74) is 12.7. The Morgan fingerprint density at radius 2 is 2.00 bits per heavy atom. The minimum atomic E-state index is -1.37. The van der Waals surface area contributed by atoms with Crippen molar-refractivity contribution in [2.75, 3.05) is 35.3 Å². The van der Waals surface area contributed by atoms with Crippen molar-refractivity contribution in [3.05, 3.63) is 76.5 Å². The molecule has 3 aromatic rings. The van der Waals surface area contributed by atoms with Crippen LogP contribution in [0, 0.1) is 19.8 Å². The molecule has 2 aliphatic heterocycles. The third-order valence-corrected chi connectivity index (χ3v) is 10.8. The fraction of sp³-hybridized carbons (Fsp3) is 0.455. The summed E-state index contributed by atoms with van der Waals surface area (Å²) in [6.07, 6.45) is 7.40. The van der Waals surface area contributed by atoms with Crippen molar-refractivity contribution in [3.63, 3.8) is 0 Å². The summed E-state index contributed by atoms with van der Waals surface area (Å²) >= 11 is -1.37. The Labute approximate surface area is 257 Å². The maximum atomic E-state index is 14.0. The van der Waals surface area contributed by atoms with Crippen LogP contribution >= 0.6 is 0 Å². The van der Waals surface area contributed by atoms with E-state index in [1.807, 2.05) is 43.3 Å². The standard InChI is InChI=1S/C33H42N6O3S/c1-21-8-11-24(28(17-31(40)41)27-12-13-29(32(34)22(27)2)39(35)18-23-9-10-23)16-25(21)19-37-20-26-6-3-4-15-38(26)33-30(43(37)42)7-5-14-36-33/h5,7-8,11-14,16,23,26,28H,3-4,6,9-10,15,17-20,34-35H2,1-2H3,(H,40,41). The van der Waals surface area contributed by atoms with Crippen molar-refractivity contribution < 1.29 is 14.5 Å². The lowest BCUT2D eigenvalue weighted by molar-refractivity contribution is -0.137. The van der Waals surface area contributed by atoms with Crippen LogP contribution in [0.2, 0.25) is 0 Å². The largest absolute Gasteiger partial charge is 0.593 e. The van der Waals surface area contributed by atoms with Gasteiger partial charge in [0.1, 0.15) is 0 Å². The van der Waals surface area contributed by atoms with E-state index in [-0.39, 0.29) is 12.5 Å². The van der Waals surface area contributed by atoms with E-state index in [1.54, 1.807) is 11.2 Å². The number of nitrogens with zero attached hydrogens (tertiary/aromatic N) is 4. The first-order valence-corrected chi connectivity index (χ1v) is 16.4. The number of rotatable bonds is 9. The topological polar surface area (TPSA) is 135 Å². The summed E-state index contributed by atoms with van der Waals surface area (Å²) in [7, 11) is 0. The Balaban J connectivity index is 1.32. The van der Waals surface area contributed by atoms with Crippen molar-refractivity contribution in [1.82, 2.24) is 9.29 Å². The van der Waals surface area contributed by atoms with Crippen LogP contribution in [0.3, 0.4) is 0 Å². The molecule has 3 heterocycles. The van der Waals surface area contributed by atoms with Gasteiger partial charge in [-0.2, -0.15) is 0 Å². The molecule has 1 saturated carbocycles. The van der Waals surface area contributed by atoms with Crippen LogP contribution in [-0.4, -0.2) is 50.6 Å². The molecule has 1 aliphatic carbocycles. The lowest BCUT2D eigenvalue weighted by Gasteiger charge is -2.35. The molecule has 10 heteroatoms. The van der Waals surface area contributed by atoms with Crippen molar-refractivity contribution in [3.8, 4) is 0 Å². The number of nitrogen functional groups attached to an aromatic ring is 1. The summed E-state index contributed by atoms with van der Waals surface area (Å²) in [6, 6.07) is 14.1. The first kappa shape index (κ1) is 29.7. The maximum absolute atomic E-state index is 14.0. The molecule has 9 nitrogen and oxygen atoms in total. The summed E-state index contributed by atoms with van der Waals surface area (Å²) in [5.74, 6) is 6.54. The van der Waals surface area contributed by atoms with Gasteiger partial charge in [-0.15, -0.1) is 4.31 Å². The number of fused-ring (bicyclic) bond motifs is 3. The number of benzene rings is 2. The molecule has 2 aromatic carbocycles. The van der Waals surface area contributed by atoms with Crippen molar-refractivity contribution >= 4 is 34.5 Å². The van der Waals surface area contributed by atoms with Gasteiger partial charge >= 0.3 is 5.97 Å². The minimum Gasteiger partial charge on any atom is -0.593 e. The van der Waals surface area contributed by atoms with Gasteiger partial charge in [0.2, 0.25) is 4.90 Å². The summed E-state index contributed by atoms with van der Waals surface area (Å²) in [5, 5.41) is 11.7. The molecule has 2 fully saturated rings. The quantitative estimate of drug-likeness (QED) is 0.136. The second-order valence-electron chi connectivity index (χ2n) is 12.4. The van der Waals surface area contributed by atoms with Gasteiger partial charge < -0.3 is 25.3 Å². The molecule has 3 aliphatic rings. The minimum absolute atomic E-state index is 0.0672. The van der Waals surface area contributed by atoms with Crippen LogP contribution in [0.4, 0.5) is 17.2 Å². The smallest absolute Gasteiger partial charge is 0.304 e. The number of hydrazine groups is 1. The van der Waals surface area contributed by atoms with E-state index < -0.39 is 23.2 Å². The second-order valence-corrected chi connectivity index (χ2v) is 13.8. The number of carboxylic acid groups (broad SMARTS) is 1. The zero-order chi connectivity index (χ0) is 30.2. The number of carbonyl (C=O) groups is 1. The Hall–Kier alpha value is -3.31. The molecular weight excluding hydrogens is 560 g/mol. The zero-order valence-corrected chi connectivity index (χ0v) is 25.9. The fourth-order valence-electron chi connectivity index (χ4n) is 6.65. The Morgan fingerprint density at radius 1 is 1.19 bits per heavy atom. The number of anilines is 3. The van der Waals surface area contributed by atoms with E-state index in [1.165, 1.54) is 12.8 Å². The SMILES string of the molecule is Cc1ccc(C(CC(=O)O)c2ccc(N(N)CC3CC3)c(N)c2C)cc1CN1CC2CCCCN2c2ncccc2[S+]1[O-]. The molecule has 3 unspecified atom stereocenters. The summed E-state index contributed by atoms with van der Waals surface area (Å²) in [4.78, 5) is 19.9. The number of aromatic nitrogens is 1. The molecule has 1 aromatic heterocycles. The molecule has 228 valence electrons. The number of carboxylic acids is 1. The highest BCUT2D eigenvalue weighted by Gasteiger charge is 2.39. The molecule has 5 N–H and O–H groups in total. The van der Waals surface area contributed by atoms with Crippen molar-refractivity contribution in [2.24, 2.45) is 11.8 Å². The second kappa shape index (κ2) is 12.4. The Bertz CT molecular complexity index is 1500. The van der Waals surface area contributed by atoms with Gasteiger partial charge in [-0.05, 0) is 91.8 Å². The number of nitrogens with two attached hydrogens (primary N) is 2. The summed E-state index contributed by atoms with van der Waals surface area (Å²) < 4.78 is 16.0. The predicted molar refractivity (Wildman–Crippen MR) is 171 cm³/mol. The number of aryl methyl sites for hydroxylation is 1. The van der Waals surface area contributed by atoms with Crippen molar-refractivity contribution in [1.29, 1.82) is 0 Å². The van der Waals surface area contributed by atoms with Gasteiger partial charge in [-0.25, -0.2) is 10.8 Å². The van der Waals surface area contributed by atoms with Gasteiger partial charge in [0, 0.05) is 37.3 Å². The van der Waals surface area contributed by atoms with Crippen LogP contribution in [0.1, 0.15) is 72.3 Å². The molecule has 43 heavy (non-hydrogen) atoms. The number of hydrogen-bond acceptors (Lipinski definition) is 8. The van der Waals surface area contributed by atoms with E-state index in [4.69, 9.17) is 11.6 Å². The average molecular weight is 603 g/mol. The highest BCUT2D eigenvalue weighted by atomic mass is 32.2. The van der Waals surface area contributed by atoms with Gasteiger partial charge in [0.05, 0.1) is 42.2 Å². The highest BCUT2D eigenvalue weighted by Crippen LogP contribution is 2.40. The molecule has 0 amide bonds. The molecule has 0 radical (unpaired) electrons. The van der Waals surface area contributed by atoms with E-state index in [2.05, 4.69) is 27.2 Å². The van der Waals surface area contributed by atoms with Crippen LogP contribution in [-0.2, 0) is 22.7 Å². The molecule has 3 atom stereocenters. The molecule has 1 saturated heterocycles.